The molecule has 3 aromatic rings. The maximum atomic E-state index is 10.2. The van der Waals surface area contributed by atoms with Crippen molar-refractivity contribution >= 4 is 23.5 Å². The van der Waals surface area contributed by atoms with Gasteiger partial charge >= 0.3 is 0 Å². The first-order chi connectivity index (χ1) is 17.5. The van der Waals surface area contributed by atoms with E-state index in [4.69, 9.17) is 18.9 Å². The van der Waals surface area contributed by atoms with Crippen LogP contribution < -0.4 is 9.47 Å². The second-order valence-electron chi connectivity index (χ2n) is 8.19. The number of thioether (sulfide) groups is 2. The molecule has 0 aliphatic heterocycles. The highest BCUT2D eigenvalue weighted by molar-refractivity contribution is 7.98. The van der Waals surface area contributed by atoms with Gasteiger partial charge in [0.25, 0.3) is 0 Å². The zero-order valence-electron chi connectivity index (χ0n) is 20.8. The highest BCUT2D eigenvalue weighted by Crippen LogP contribution is 2.23. The highest BCUT2D eigenvalue weighted by Gasteiger charge is 2.18. The van der Waals surface area contributed by atoms with Crippen molar-refractivity contribution in [2.24, 2.45) is 0 Å². The number of aliphatic hydroxyl groups is 2. The first-order valence-corrected chi connectivity index (χ1v) is 14.1. The second kappa shape index (κ2) is 15.1. The highest BCUT2D eigenvalue weighted by atomic mass is 32.2. The molecule has 2 N–H and O–H groups in total. The van der Waals surface area contributed by atoms with Gasteiger partial charge in [-0.05, 0) is 67.0 Å². The molecule has 36 heavy (non-hydrogen) atoms. The Morgan fingerprint density at radius 2 is 1.33 bits per heavy atom. The zero-order chi connectivity index (χ0) is 25.8. The minimum atomic E-state index is -0.843. The van der Waals surface area contributed by atoms with Crippen molar-refractivity contribution in [2.75, 3.05) is 25.7 Å². The van der Waals surface area contributed by atoms with Crippen LogP contribution >= 0.6 is 23.5 Å². The topological polar surface area (TPSA) is 77.4 Å². The minimum Gasteiger partial charge on any atom is -0.491 e. The van der Waals surface area contributed by atoms with Crippen molar-refractivity contribution in [3.05, 3.63) is 83.9 Å². The van der Waals surface area contributed by atoms with E-state index >= 15 is 0 Å². The van der Waals surface area contributed by atoms with Gasteiger partial charge in [0.2, 0.25) is 6.29 Å². The Balaban J connectivity index is 1.44. The van der Waals surface area contributed by atoms with E-state index in [0.717, 1.165) is 11.1 Å². The molecule has 0 aliphatic carbocycles. The first-order valence-electron chi connectivity index (χ1n) is 11.7. The summed E-state index contributed by atoms with van der Waals surface area (Å²) in [5.41, 5.74) is 2.05. The van der Waals surface area contributed by atoms with Gasteiger partial charge in [0.05, 0.1) is 19.8 Å². The van der Waals surface area contributed by atoms with Crippen molar-refractivity contribution in [1.82, 2.24) is 0 Å². The molecule has 6 nitrogen and oxygen atoms in total. The summed E-state index contributed by atoms with van der Waals surface area (Å²) in [6.07, 6.45) is 1.62. The van der Waals surface area contributed by atoms with Crippen molar-refractivity contribution in [2.45, 2.75) is 48.4 Å². The first kappa shape index (κ1) is 28.4. The van der Waals surface area contributed by atoms with Crippen LogP contribution in [0.25, 0.3) is 0 Å². The normalized spacial score (nSPS) is 13.7. The lowest BCUT2D eigenvalue weighted by Crippen LogP contribution is -2.32. The lowest BCUT2D eigenvalue weighted by atomic mass is 10.2. The molecule has 0 aromatic heterocycles. The van der Waals surface area contributed by atoms with Gasteiger partial charge < -0.3 is 29.2 Å². The van der Waals surface area contributed by atoms with Gasteiger partial charge in [-0.3, -0.25) is 0 Å². The number of hydrogen-bond acceptors (Lipinski definition) is 8. The molecule has 0 bridgehead atoms. The molecule has 8 heteroatoms. The van der Waals surface area contributed by atoms with E-state index in [-0.39, 0.29) is 13.2 Å². The largest absolute Gasteiger partial charge is 0.491 e. The molecular formula is C28H34O6S2. The molecular weight excluding hydrogens is 496 g/mol. The summed E-state index contributed by atoms with van der Waals surface area (Å²) in [6, 6.07) is 23.2. The number of ether oxygens (including phenoxy) is 4. The Hall–Kier alpha value is -2.20. The van der Waals surface area contributed by atoms with E-state index in [1.807, 2.05) is 61.0 Å². The predicted octanol–water partition coefficient (Wildman–Crippen LogP) is 5.39. The van der Waals surface area contributed by atoms with E-state index in [0.29, 0.717) is 24.7 Å². The summed E-state index contributed by atoms with van der Waals surface area (Å²) in [5, 5.41) is 20.4. The summed E-state index contributed by atoms with van der Waals surface area (Å²) in [7, 11) is 0. The van der Waals surface area contributed by atoms with Crippen LogP contribution in [0, 0.1) is 0 Å². The minimum absolute atomic E-state index is 0.0806. The third kappa shape index (κ3) is 9.69. The third-order valence-electron chi connectivity index (χ3n) is 5.21. The predicted molar refractivity (Wildman–Crippen MR) is 145 cm³/mol. The molecule has 3 aromatic carbocycles. The van der Waals surface area contributed by atoms with Crippen LogP contribution in [-0.2, 0) is 22.7 Å². The van der Waals surface area contributed by atoms with E-state index in [1.54, 1.807) is 54.7 Å². The lowest BCUT2D eigenvalue weighted by molar-refractivity contribution is -0.146. The Labute approximate surface area is 221 Å². The Morgan fingerprint density at radius 1 is 0.750 bits per heavy atom. The zero-order valence-corrected chi connectivity index (χ0v) is 22.5. The summed E-state index contributed by atoms with van der Waals surface area (Å²) >= 11 is 3.37. The van der Waals surface area contributed by atoms with Crippen LogP contribution in [-0.4, -0.2) is 54.4 Å². The van der Waals surface area contributed by atoms with Crippen LogP contribution in [0.5, 0.6) is 11.5 Å². The van der Waals surface area contributed by atoms with Gasteiger partial charge in [0, 0.05) is 15.9 Å². The van der Waals surface area contributed by atoms with E-state index < -0.39 is 18.5 Å². The van der Waals surface area contributed by atoms with Gasteiger partial charge in [0.1, 0.15) is 30.3 Å². The van der Waals surface area contributed by atoms with Gasteiger partial charge in [-0.15, -0.1) is 23.5 Å². The fraction of sp³-hybridized carbons (Fsp3) is 0.357. The average molecular weight is 531 g/mol. The summed E-state index contributed by atoms with van der Waals surface area (Å²) in [6.45, 7) is 2.61. The third-order valence-corrected chi connectivity index (χ3v) is 6.69. The van der Waals surface area contributed by atoms with Crippen LogP contribution in [0.15, 0.2) is 82.6 Å². The molecule has 0 heterocycles. The Kier molecular flexibility index (Phi) is 11.9. The van der Waals surface area contributed by atoms with Crippen LogP contribution in [0.3, 0.4) is 0 Å². The van der Waals surface area contributed by atoms with Crippen LogP contribution in [0.1, 0.15) is 18.1 Å². The summed E-state index contributed by atoms with van der Waals surface area (Å²) in [4.78, 5) is 2.38. The van der Waals surface area contributed by atoms with Gasteiger partial charge in [-0.25, -0.2) is 0 Å². The van der Waals surface area contributed by atoms with E-state index in [2.05, 4.69) is 0 Å². The molecule has 3 atom stereocenters. The van der Waals surface area contributed by atoms with Crippen molar-refractivity contribution in [3.8, 4) is 11.5 Å². The monoisotopic (exact) mass is 530 g/mol. The standard InChI is InChI=1S/C28H34O6S2/c1-20(29)28(33-17-22-9-13-27(36-3)14-10-22)34-25-6-4-5-24(15-25)32-19-23(30)18-31-16-21-7-11-26(35-2)12-8-21/h4-15,20,23,28-30H,16-19H2,1-3H3. The number of hydrogen-bond donors (Lipinski definition) is 2. The van der Waals surface area contributed by atoms with Gasteiger partial charge in [-0.2, -0.15) is 0 Å². The molecule has 3 rings (SSSR count). The van der Waals surface area contributed by atoms with Gasteiger partial charge in [0.15, 0.2) is 0 Å². The molecule has 0 aliphatic rings. The SMILES string of the molecule is CSc1ccc(COCC(O)COc2cccc(OC(OCc3ccc(SC)cc3)C(C)O)c2)cc1. The van der Waals surface area contributed by atoms with Crippen molar-refractivity contribution < 1.29 is 29.2 Å². The van der Waals surface area contributed by atoms with E-state index in [9.17, 15) is 10.2 Å². The fourth-order valence-electron chi connectivity index (χ4n) is 3.22. The summed E-state index contributed by atoms with van der Waals surface area (Å²) < 4.78 is 23.0. The molecule has 194 valence electrons. The smallest absolute Gasteiger partial charge is 0.226 e. The Morgan fingerprint density at radius 3 is 1.92 bits per heavy atom. The average Bonchev–Trinajstić information content (AvgIpc) is 2.90. The molecule has 0 spiro atoms. The summed E-state index contributed by atoms with van der Waals surface area (Å²) in [5.74, 6) is 1.03. The quantitative estimate of drug-likeness (QED) is 0.200. The number of benzene rings is 3. The van der Waals surface area contributed by atoms with Crippen LogP contribution in [0.2, 0.25) is 0 Å². The van der Waals surface area contributed by atoms with Gasteiger partial charge in [-0.1, -0.05) is 30.3 Å². The number of rotatable bonds is 15. The Bertz CT molecular complexity index is 1030. The maximum Gasteiger partial charge on any atom is 0.226 e. The molecule has 0 amide bonds. The molecule has 0 saturated heterocycles. The molecule has 0 radical (unpaired) electrons. The second-order valence-corrected chi connectivity index (χ2v) is 9.95. The fourth-order valence-corrected chi connectivity index (χ4v) is 4.03. The molecule has 3 unspecified atom stereocenters. The molecule has 0 saturated carbocycles. The van der Waals surface area contributed by atoms with Crippen molar-refractivity contribution in [3.63, 3.8) is 0 Å². The lowest BCUT2D eigenvalue weighted by Gasteiger charge is -2.22. The maximum absolute atomic E-state index is 10.2. The molecule has 0 fully saturated rings. The van der Waals surface area contributed by atoms with E-state index in [1.165, 1.54) is 9.79 Å². The number of aliphatic hydroxyl groups excluding tert-OH is 2. The van der Waals surface area contributed by atoms with Crippen molar-refractivity contribution in [1.29, 1.82) is 0 Å². The van der Waals surface area contributed by atoms with Crippen LogP contribution in [0.4, 0.5) is 0 Å².